The van der Waals surface area contributed by atoms with Crippen LogP contribution in [0.2, 0.25) is 5.15 Å². The molecule has 1 aromatic carbocycles. The fourth-order valence-corrected chi connectivity index (χ4v) is 6.39. The Hall–Kier alpha value is -2.07. The van der Waals surface area contributed by atoms with E-state index in [2.05, 4.69) is 31.4 Å². The summed E-state index contributed by atoms with van der Waals surface area (Å²) < 4.78 is 32.3. The number of aromatic nitrogens is 3. The molecule has 0 atom stereocenters. The van der Waals surface area contributed by atoms with E-state index in [4.69, 9.17) is 11.6 Å². The number of nitrogens with one attached hydrogen (secondary N) is 1. The number of nitrogens with zero attached hydrogens (tertiary/aromatic N) is 4. The van der Waals surface area contributed by atoms with Crippen molar-refractivity contribution < 1.29 is 8.42 Å². The molecule has 0 saturated carbocycles. The summed E-state index contributed by atoms with van der Waals surface area (Å²) in [6, 6.07) is 7.62. The van der Waals surface area contributed by atoms with E-state index in [1.165, 1.54) is 28.6 Å². The van der Waals surface area contributed by atoms with Crippen LogP contribution in [0.1, 0.15) is 12.8 Å². The molecule has 7 nitrogen and oxygen atoms in total. The zero-order valence-electron chi connectivity index (χ0n) is 15.6. The fraction of sp³-hybridized carbons (Fsp3) is 0.316. The number of likely N-dealkylation sites (tertiary alicyclic amines) is 1. The summed E-state index contributed by atoms with van der Waals surface area (Å²) in [5.74, 6) is 0. The van der Waals surface area contributed by atoms with Crippen LogP contribution in [-0.2, 0) is 16.6 Å². The van der Waals surface area contributed by atoms with Crippen molar-refractivity contribution in [1.29, 1.82) is 0 Å². The molecule has 0 amide bonds. The number of fused-ring (bicyclic) bond motifs is 2. The van der Waals surface area contributed by atoms with Gasteiger partial charge in [0, 0.05) is 30.9 Å². The number of hydrogen-bond donors (Lipinski definition) is 1. The number of hydrogen-bond acceptors (Lipinski definition) is 5. The van der Waals surface area contributed by atoms with Gasteiger partial charge in [-0.25, -0.2) is 4.98 Å². The lowest BCUT2D eigenvalue weighted by molar-refractivity contribution is 0.324. The lowest BCUT2D eigenvalue weighted by Crippen LogP contribution is -2.23. The van der Waals surface area contributed by atoms with Crippen LogP contribution in [0.25, 0.3) is 15.9 Å². The second-order valence-electron chi connectivity index (χ2n) is 7.20. The van der Waals surface area contributed by atoms with Crippen LogP contribution >= 0.6 is 22.9 Å². The van der Waals surface area contributed by atoms with Crippen molar-refractivity contribution in [3.8, 4) is 0 Å². The molecule has 152 valence electrons. The Bertz CT molecular complexity index is 1280. The first-order valence-electron chi connectivity index (χ1n) is 9.46. The second kappa shape index (κ2) is 7.32. The highest BCUT2D eigenvalue weighted by Gasteiger charge is 2.25. The van der Waals surface area contributed by atoms with Crippen LogP contribution in [0.3, 0.4) is 0 Å². The lowest BCUT2D eigenvalue weighted by atomic mass is 10.2. The van der Waals surface area contributed by atoms with E-state index in [-0.39, 0.29) is 10.2 Å². The Kier molecular flexibility index (Phi) is 4.78. The molecule has 4 aromatic rings. The van der Waals surface area contributed by atoms with Crippen molar-refractivity contribution in [2.75, 3.05) is 24.4 Å². The molecule has 0 unspecified atom stereocenters. The first-order chi connectivity index (χ1) is 14.0. The fourth-order valence-electron chi connectivity index (χ4n) is 3.88. The summed E-state index contributed by atoms with van der Waals surface area (Å²) >= 11 is 7.45. The van der Waals surface area contributed by atoms with Crippen molar-refractivity contribution in [2.24, 2.45) is 0 Å². The monoisotopic (exact) mass is 449 g/mol. The standard InChI is InChI=1S/C19H20ClN5O2S2/c20-17-18(25-11-12-28-19(25)21-17)29(26,27)22-15-4-3-14-5-8-24(16(14)13-15)10-9-23-6-1-2-7-23/h3-5,8,11-13,22H,1-2,6-7,9-10H2. The molecule has 3 aromatic heterocycles. The van der Waals surface area contributed by atoms with Gasteiger partial charge in [-0.1, -0.05) is 17.7 Å². The van der Waals surface area contributed by atoms with Crippen LogP contribution < -0.4 is 4.72 Å². The maximum Gasteiger partial charge on any atom is 0.281 e. The number of anilines is 1. The Morgan fingerprint density at radius 3 is 2.79 bits per heavy atom. The van der Waals surface area contributed by atoms with Gasteiger partial charge in [0.1, 0.15) is 0 Å². The van der Waals surface area contributed by atoms with Crippen molar-refractivity contribution in [2.45, 2.75) is 24.4 Å². The highest BCUT2D eigenvalue weighted by atomic mass is 35.5. The summed E-state index contributed by atoms with van der Waals surface area (Å²) in [5, 5.41) is 2.79. The van der Waals surface area contributed by atoms with E-state index in [9.17, 15) is 8.42 Å². The predicted molar refractivity (Wildman–Crippen MR) is 116 cm³/mol. The SMILES string of the molecule is O=S(=O)(Nc1ccc2ccn(CCN3CCCC3)c2c1)c1c(Cl)nc2sccn12. The van der Waals surface area contributed by atoms with E-state index in [0.29, 0.717) is 10.6 Å². The minimum absolute atomic E-state index is 0.0283. The van der Waals surface area contributed by atoms with E-state index in [1.54, 1.807) is 17.6 Å². The van der Waals surface area contributed by atoms with Gasteiger partial charge in [-0.15, -0.1) is 11.3 Å². The van der Waals surface area contributed by atoms with Gasteiger partial charge < -0.3 is 9.47 Å². The molecule has 1 aliphatic rings. The molecule has 5 rings (SSSR count). The smallest absolute Gasteiger partial charge is 0.281 e. The van der Waals surface area contributed by atoms with E-state index >= 15 is 0 Å². The Morgan fingerprint density at radius 2 is 1.97 bits per heavy atom. The highest BCUT2D eigenvalue weighted by Crippen LogP contribution is 2.28. The van der Waals surface area contributed by atoms with Crippen molar-refractivity contribution in [3.63, 3.8) is 0 Å². The largest absolute Gasteiger partial charge is 0.346 e. The van der Waals surface area contributed by atoms with Gasteiger partial charge in [-0.2, -0.15) is 8.42 Å². The summed E-state index contributed by atoms with van der Waals surface area (Å²) in [6.45, 7) is 4.20. The molecule has 1 saturated heterocycles. The van der Waals surface area contributed by atoms with E-state index < -0.39 is 10.0 Å². The summed E-state index contributed by atoms with van der Waals surface area (Å²) in [6.07, 6.45) is 6.25. The molecule has 1 N–H and O–H groups in total. The Labute approximate surface area is 177 Å². The number of benzene rings is 1. The van der Waals surface area contributed by atoms with Gasteiger partial charge in [0.05, 0.1) is 11.2 Å². The first kappa shape index (κ1) is 18.9. The molecule has 29 heavy (non-hydrogen) atoms. The number of thiazole rings is 1. The normalized spacial score (nSPS) is 15.6. The van der Waals surface area contributed by atoms with Crippen molar-refractivity contribution in [3.05, 3.63) is 47.2 Å². The Morgan fingerprint density at radius 1 is 1.14 bits per heavy atom. The van der Waals surface area contributed by atoms with Crippen LogP contribution in [0, 0.1) is 0 Å². The predicted octanol–water partition coefficient (Wildman–Crippen LogP) is 3.90. The third-order valence-electron chi connectivity index (χ3n) is 5.32. The van der Waals surface area contributed by atoms with Gasteiger partial charge in [-0.3, -0.25) is 9.12 Å². The van der Waals surface area contributed by atoms with E-state index in [1.807, 2.05) is 12.1 Å². The zero-order valence-corrected chi connectivity index (χ0v) is 18.0. The minimum Gasteiger partial charge on any atom is -0.346 e. The first-order valence-corrected chi connectivity index (χ1v) is 12.2. The van der Waals surface area contributed by atoms with Gasteiger partial charge >= 0.3 is 0 Å². The quantitative estimate of drug-likeness (QED) is 0.484. The molecule has 0 radical (unpaired) electrons. The van der Waals surface area contributed by atoms with Crippen LogP contribution in [0.5, 0.6) is 0 Å². The third kappa shape index (κ3) is 3.52. The average Bonchev–Trinajstić information content (AvgIpc) is 3.43. The number of sulfonamides is 1. The zero-order chi connectivity index (χ0) is 20.0. The molecule has 1 aliphatic heterocycles. The molecule has 4 heterocycles. The molecule has 10 heteroatoms. The number of rotatable bonds is 6. The van der Waals surface area contributed by atoms with Crippen LogP contribution in [0.15, 0.2) is 47.1 Å². The minimum atomic E-state index is -3.88. The molecule has 1 fully saturated rings. The summed E-state index contributed by atoms with van der Waals surface area (Å²) in [7, 11) is -3.88. The van der Waals surface area contributed by atoms with Crippen molar-refractivity contribution >= 4 is 54.5 Å². The van der Waals surface area contributed by atoms with Crippen LogP contribution in [0.4, 0.5) is 5.69 Å². The molecule has 0 aliphatic carbocycles. The van der Waals surface area contributed by atoms with Gasteiger partial charge in [0.25, 0.3) is 10.0 Å². The number of imidazole rings is 1. The van der Waals surface area contributed by atoms with Crippen molar-refractivity contribution in [1.82, 2.24) is 18.9 Å². The maximum absolute atomic E-state index is 13.0. The Balaban J connectivity index is 1.43. The summed E-state index contributed by atoms with van der Waals surface area (Å²) in [5.41, 5.74) is 1.50. The molecule has 0 spiro atoms. The second-order valence-corrected chi connectivity index (χ2v) is 10.0. The van der Waals surface area contributed by atoms with Gasteiger partial charge in [-0.05, 0) is 49.5 Å². The molecule has 0 bridgehead atoms. The summed E-state index contributed by atoms with van der Waals surface area (Å²) in [4.78, 5) is 7.13. The number of halogens is 1. The topological polar surface area (TPSA) is 71.6 Å². The third-order valence-corrected chi connectivity index (χ3v) is 7.85. The molecular weight excluding hydrogens is 430 g/mol. The molecular formula is C19H20ClN5O2S2. The maximum atomic E-state index is 13.0. The van der Waals surface area contributed by atoms with Gasteiger partial charge in [0.2, 0.25) is 0 Å². The lowest BCUT2D eigenvalue weighted by Gasteiger charge is -2.15. The van der Waals surface area contributed by atoms with E-state index in [0.717, 1.165) is 37.1 Å². The van der Waals surface area contributed by atoms with Crippen LogP contribution in [-0.4, -0.2) is 46.9 Å². The average molecular weight is 450 g/mol. The van der Waals surface area contributed by atoms with Gasteiger partial charge in [0.15, 0.2) is 15.1 Å². The highest BCUT2D eigenvalue weighted by molar-refractivity contribution is 7.92.